The van der Waals surface area contributed by atoms with E-state index in [4.69, 9.17) is 4.98 Å². The zero-order chi connectivity index (χ0) is 30.8. The van der Waals surface area contributed by atoms with Crippen molar-refractivity contribution in [3.63, 3.8) is 0 Å². The Morgan fingerprint density at radius 2 is 1.86 bits per heavy atom. The molecule has 7 heterocycles. The predicted octanol–water partition coefficient (Wildman–Crippen LogP) is 2.17. The molecule has 1 atom stereocenters. The Morgan fingerprint density at radius 1 is 1.09 bits per heavy atom. The van der Waals surface area contributed by atoms with Crippen LogP contribution < -0.4 is 10.6 Å². The first-order chi connectivity index (χ1) is 21.2. The highest BCUT2D eigenvalue weighted by atomic mass is 32.1. The molecule has 4 aliphatic heterocycles. The van der Waals surface area contributed by atoms with Gasteiger partial charge in [0.05, 0.1) is 46.4 Å². The number of piperidine rings is 2. The molecule has 0 saturated carbocycles. The van der Waals surface area contributed by atoms with Gasteiger partial charge in [0.25, 0.3) is 0 Å². The topological polar surface area (TPSA) is 138 Å². The number of rotatable bonds is 4. The van der Waals surface area contributed by atoms with E-state index in [1.807, 2.05) is 24.0 Å². The Morgan fingerprint density at radius 3 is 2.57 bits per heavy atom. The molecule has 12 nitrogen and oxygen atoms in total. The molecule has 1 spiro atoms. The fraction of sp³-hybridized carbons (Fsp3) is 0.581. The van der Waals surface area contributed by atoms with Crippen LogP contribution >= 0.6 is 11.3 Å². The van der Waals surface area contributed by atoms with Crippen molar-refractivity contribution in [2.75, 3.05) is 26.2 Å². The molecule has 0 unspecified atom stereocenters. The lowest BCUT2D eigenvalue weighted by atomic mass is 9.83. The Kier molecular flexibility index (Phi) is 8.77. The molecule has 2 N–H and O–H groups in total. The second-order valence-corrected chi connectivity index (χ2v) is 13.9. The van der Waals surface area contributed by atoms with Gasteiger partial charge in [0.2, 0.25) is 17.7 Å². The summed E-state index contributed by atoms with van der Waals surface area (Å²) in [5, 5.41) is 15.9. The van der Waals surface area contributed by atoms with Crippen LogP contribution in [0.2, 0.25) is 0 Å². The minimum Gasteiger partial charge on any atom is -0.350 e. The molecule has 3 aromatic rings. The summed E-state index contributed by atoms with van der Waals surface area (Å²) in [6, 6.07) is 3.27. The maximum atomic E-state index is 14.0. The Balaban J connectivity index is 1.28. The molecule has 0 aromatic carbocycles. The number of carbonyl (C=O) groups excluding carboxylic acids is 3. The number of thiazole rings is 1. The van der Waals surface area contributed by atoms with Gasteiger partial charge in [0.1, 0.15) is 6.04 Å². The van der Waals surface area contributed by atoms with Crippen LogP contribution in [0.3, 0.4) is 0 Å². The number of carbonyl (C=O) groups is 3. The standard InChI is InChI=1S/C31H41N9O3S/c1-20(2)38-13-8-31(9-14-38)17-28(42)33-26(15-23-19-40(37-36-23)24-5-4-10-32-18-24)30(43)39-11-6-22(7-12-39)29-34-25(21(3)44-29)16-27(41)35-31/h4-5,10,18-20,22,26H,6-9,11-17H2,1-3H3,(H,33,42)(H,35,41)/t26-/m1/s1. The number of likely N-dealkylation sites (tertiary alicyclic amines) is 1. The Hall–Kier alpha value is -3.71. The van der Waals surface area contributed by atoms with E-state index in [0.29, 0.717) is 37.7 Å². The van der Waals surface area contributed by atoms with Crippen LogP contribution in [0.4, 0.5) is 0 Å². The molecule has 4 aliphatic rings. The maximum absolute atomic E-state index is 14.0. The zero-order valence-electron chi connectivity index (χ0n) is 25.7. The average molecular weight is 620 g/mol. The lowest BCUT2D eigenvalue weighted by Gasteiger charge is -2.43. The van der Waals surface area contributed by atoms with Crippen molar-refractivity contribution in [2.24, 2.45) is 0 Å². The fourth-order valence-electron chi connectivity index (χ4n) is 6.63. The summed E-state index contributed by atoms with van der Waals surface area (Å²) < 4.78 is 1.62. The number of hydrogen-bond acceptors (Lipinski definition) is 9. The van der Waals surface area contributed by atoms with Gasteiger partial charge >= 0.3 is 0 Å². The first kappa shape index (κ1) is 30.3. The van der Waals surface area contributed by atoms with E-state index < -0.39 is 11.6 Å². The molecule has 4 bridgehead atoms. The normalized spacial score (nSPS) is 22.0. The molecule has 44 heavy (non-hydrogen) atoms. The lowest BCUT2D eigenvalue weighted by Crippen LogP contribution is -2.59. The number of hydrogen-bond donors (Lipinski definition) is 2. The highest BCUT2D eigenvalue weighted by Gasteiger charge is 2.40. The quantitative estimate of drug-likeness (QED) is 0.453. The number of fused-ring (bicyclic) bond motifs is 8. The summed E-state index contributed by atoms with van der Waals surface area (Å²) in [7, 11) is 0. The molecular formula is C31H41N9O3S. The van der Waals surface area contributed by atoms with E-state index in [1.54, 1.807) is 34.6 Å². The van der Waals surface area contributed by atoms with Crippen molar-refractivity contribution in [2.45, 2.75) is 89.3 Å². The summed E-state index contributed by atoms with van der Waals surface area (Å²) >= 11 is 1.66. The van der Waals surface area contributed by atoms with E-state index in [9.17, 15) is 14.4 Å². The number of pyridine rings is 1. The largest absolute Gasteiger partial charge is 0.350 e. The Labute approximate surface area is 261 Å². The van der Waals surface area contributed by atoms with Gasteiger partial charge in [-0.15, -0.1) is 16.4 Å². The van der Waals surface area contributed by atoms with Gasteiger partial charge in [-0.25, -0.2) is 9.67 Å². The minimum atomic E-state index is -0.803. The van der Waals surface area contributed by atoms with Gasteiger partial charge in [0.15, 0.2) is 0 Å². The molecule has 3 aromatic heterocycles. The number of nitrogens with zero attached hydrogens (tertiary/aromatic N) is 7. The third-order valence-electron chi connectivity index (χ3n) is 9.28. The zero-order valence-corrected chi connectivity index (χ0v) is 26.5. The average Bonchev–Trinajstić information content (AvgIpc) is 3.63. The highest BCUT2D eigenvalue weighted by molar-refractivity contribution is 7.11. The van der Waals surface area contributed by atoms with Crippen LogP contribution in [0.5, 0.6) is 0 Å². The molecule has 3 amide bonds. The second-order valence-electron chi connectivity index (χ2n) is 12.7. The van der Waals surface area contributed by atoms with E-state index >= 15 is 0 Å². The summed E-state index contributed by atoms with van der Waals surface area (Å²) in [6.45, 7) is 9.07. The third-order valence-corrected chi connectivity index (χ3v) is 10.5. The van der Waals surface area contributed by atoms with Crippen molar-refractivity contribution < 1.29 is 14.4 Å². The summed E-state index contributed by atoms with van der Waals surface area (Å²) in [4.78, 5) is 55.6. The number of nitrogens with one attached hydrogen (secondary N) is 2. The van der Waals surface area contributed by atoms with Gasteiger partial charge in [-0.3, -0.25) is 19.4 Å². The van der Waals surface area contributed by atoms with E-state index in [2.05, 4.69) is 44.7 Å². The third kappa shape index (κ3) is 6.68. The van der Waals surface area contributed by atoms with Crippen LogP contribution in [0.1, 0.15) is 73.1 Å². The molecule has 7 rings (SSSR count). The maximum Gasteiger partial charge on any atom is 0.245 e. The van der Waals surface area contributed by atoms with Gasteiger partial charge < -0.3 is 20.4 Å². The first-order valence-electron chi connectivity index (χ1n) is 15.6. The molecular weight excluding hydrogens is 578 g/mol. The fourth-order valence-corrected chi connectivity index (χ4v) is 7.74. The summed E-state index contributed by atoms with van der Waals surface area (Å²) in [5.74, 6) is -0.247. The second kappa shape index (κ2) is 12.7. The van der Waals surface area contributed by atoms with Gasteiger partial charge in [-0.1, -0.05) is 5.21 Å². The monoisotopic (exact) mass is 619 g/mol. The van der Waals surface area contributed by atoms with E-state index in [1.165, 1.54) is 0 Å². The van der Waals surface area contributed by atoms with Gasteiger partial charge in [-0.2, -0.15) is 0 Å². The smallest absolute Gasteiger partial charge is 0.245 e. The summed E-state index contributed by atoms with van der Waals surface area (Å²) in [6.07, 6.45) is 8.53. The van der Waals surface area contributed by atoms with Crippen LogP contribution in [0.15, 0.2) is 30.7 Å². The van der Waals surface area contributed by atoms with Crippen molar-refractivity contribution in [1.29, 1.82) is 0 Å². The van der Waals surface area contributed by atoms with Crippen LogP contribution in [0.25, 0.3) is 5.69 Å². The lowest BCUT2D eigenvalue weighted by molar-refractivity contribution is -0.138. The number of amides is 3. The van der Waals surface area contributed by atoms with E-state index in [0.717, 1.165) is 47.2 Å². The van der Waals surface area contributed by atoms with Crippen LogP contribution in [-0.2, 0) is 27.2 Å². The van der Waals surface area contributed by atoms with E-state index in [-0.39, 0.29) is 42.9 Å². The van der Waals surface area contributed by atoms with Crippen LogP contribution in [-0.4, -0.2) is 96.3 Å². The summed E-state index contributed by atoms with van der Waals surface area (Å²) in [5.41, 5.74) is 1.46. The molecule has 2 saturated heterocycles. The number of aromatic nitrogens is 5. The van der Waals surface area contributed by atoms with Crippen molar-refractivity contribution in [3.05, 3.63) is 52.0 Å². The molecule has 2 fully saturated rings. The Bertz CT molecular complexity index is 1490. The predicted molar refractivity (Wildman–Crippen MR) is 165 cm³/mol. The van der Waals surface area contributed by atoms with Crippen molar-refractivity contribution in [1.82, 2.24) is 45.4 Å². The molecule has 234 valence electrons. The highest BCUT2D eigenvalue weighted by Crippen LogP contribution is 2.34. The SMILES string of the molecule is Cc1sc2nc1CC(=O)NC1(CCN(C(C)C)CC1)CC(=O)N[C@H](Cc1cn(-c3cccnc3)nn1)C(=O)N1CCC2CC1. The minimum absolute atomic E-state index is 0.0974. The number of aryl methyl sites for hydroxylation is 1. The first-order valence-corrected chi connectivity index (χ1v) is 16.4. The van der Waals surface area contributed by atoms with Crippen molar-refractivity contribution in [3.8, 4) is 5.69 Å². The van der Waals surface area contributed by atoms with Gasteiger partial charge in [0, 0.05) is 62.1 Å². The van der Waals surface area contributed by atoms with Crippen molar-refractivity contribution >= 4 is 29.1 Å². The van der Waals surface area contributed by atoms with Crippen LogP contribution in [0, 0.1) is 6.92 Å². The van der Waals surface area contributed by atoms with Gasteiger partial charge in [-0.05, 0) is 58.6 Å². The molecule has 13 heteroatoms. The molecule has 0 radical (unpaired) electrons. The molecule has 0 aliphatic carbocycles.